The van der Waals surface area contributed by atoms with Crippen molar-refractivity contribution in [3.05, 3.63) is 71.4 Å². The fraction of sp³-hybridized carbons (Fsp3) is 0.261. The lowest BCUT2D eigenvalue weighted by Crippen LogP contribution is -2.42. The zero-order chi connectivity index (χ0) is 20.8. The number of carbonyl (C=O) groups excluding carboxylic acids is 1. The molecule has 1 aromatic heterocycles. The Hall–Kier alpha value is -3.47. The number of fused-ring (bicyclic) bond motifs is 1. The third-order valence-electron chi connectivity index (χ3n) is 5.16. The van der Waals surface area contributed by atoms with Gasteiger partial charge in [0.1, 0.15) is 0 Å². The minimum Gasteiger partial charge on any atom is -0.379 e. The van der Waals surface area contributed by atoms with E-state index in [9.17, 15) is 10.1 Å². The number of morpholine rings is 1. The van der Waals surface area contributed by atoms with E-state index in [1.54, 1.807) is 6.21 Å². The summed E-state index contributed by atoms with van der Waals surface area (Å²) in [6.45, 7) is 3.73. The van der Waals surface area contributed by atoms with Gasteiger partial charge in [0.2, 0.25) is 0 Å². The van der Waals surface area contributed by atoms with Crippen LogP contribution in [0.2, 0.25) is 0 Å². The number of nitriles is 1. The van der Waals surface area contributed by atoms with Gasteiger partial charge in [-0.1, -0.05) is 36.4 Å². The monoisotopic (exact) mass is 401 g/mol. The first-order valence-electron chi connectivity index (χ1n) is 9.92. The third kappa shape index (κ3) is 4.57. The molecule has 0 atom stereocenters. The van der Waals surface area contributed by atoms with E-state index in [4.69, 9.17) is 4.74 Å². The largest absolute Gasteiger partial charge is 0.379 e. The van der Waals surface area contributed by atoms with Crippen molar-refractivity contribution in [1.82, 2.24) is 14.9 Å². The molecule has 7 heteroatoms. The minimum atomic E-state index is -0.139. The molecule has 1 fully saturated rings. The number of amides is 1. The number of carbonyl (C=O) groups is 1. The van der Waals surface area contributed by atoms with Crippen molar-refractivity contribution >= 4 is 23.0 Å². The number of hydrogen-bond acceptors (Lipinski definition) is 5. The van der Waals surface area contributed by atoms with Crippen molar-refractivity contribution < 1.29 is 9.53 Å². The normalized spacial score (nSPS) is 14.8. The molecule has 4 rings (SSSR count). The van der Waals surface area contributed by atoms with Gasteiger partial charge in [0.25, 0.3) is 5.91 Å². The van der Waals surface area contributed by atoms with Crippen LogP contribution in [0.25, 0.3) is 10.9 Å². The third-order valence-corrected chi connectivity index (χ3v) is 5.16. The molecule has 1 aliphatic heterocycles. The zero-order valence-electron chi connectivity index (χ0n) is 16.6. The number of ether oxygens (including phenoxy) is 1. The summed E-state index contributed by atoms with van der Waals surface area (Å²) in [6.07, 6.45) is 3.67. The average Bonchev–Trinajstić information content (AvgIpc) is 3.12. The van der Waals surface area contributed by atoms with Crippen molar-refractivity contribution in [3.8, 4) is 6.07 Å². The van der Waals surface area contributed by atoms with Crippen LogP contribution in [-0.2, 0) is 16.1 Å². The molecule has 7 nitrogen and oxygen atoms in total. The van der Waals surface area contributed by atoms with E-state index in [0.717, 1.165) is 35.1 Å². The molecule has 2 aromatic carbocycles. The van der Waals surface area contributed by atoms with Crippen LogP contribution >= 0.6 is 0 Å². The van der Waals surface area contributed by atoms with Crippen molar-refractivity contribution in [2.45, 2.75) is 6.54 Å². The highest BCUT2D eigenvalue weighted by Crippen LogP contribution is 2.22. The number of aromatic nitrogens is 1. The first-order valence-corrected chi connectivity index (χ1v) is 9.92. The maximum Gasteiger partial charge on any atom is 0.254 e. The number of para-hydroxylation sites is 1. The van der Waals surface area contributed by atoms with Gasteiger partial charge in [0.15, 0.2) is 0 Å². The number of hydrogen-bond donors (Lipinski definition) is 1. The van der Waals surface area contributed by atoms with Crippen molar-refractivity contribution in [1.29, 1.82) is 5.26 Å². The predicted octanol–water partition coefficient (Wildman–Crippen LogP) is 2.34. The number of hydrazone groups is 1. The lowest BCUT2D eigenvalue weighted by atomic mass is 10.1. The van der Waals surface area contributed by atoms with Gasteiger partial charge in [-0.2, -0.15) is 10.4 Å². The minimum absolute atomic E-state index is 0.139. The van der Waals surface area contributed by atoms with E-state index < -0.39 is 0 Å². The van der Waals surface area contributed by atoms with Gasteiger partial charge in [0, 0.05) is 42.3 Å². The molecule has 152 valence electrons. The molecular weight excluding hydrogens is 378 g/mol. The smallest absolute Gasteiger partial charge is 0.254 e. The van der Waals surface area contributed by atoms with Gasteiger partial charge in [-0.05, 0) is 17.7 Å². The lowest BCUT2D eigenvalue weighted by Gasteiger charge is -2.25. The van der Waals surface area contributed by atoms with Gasteiger partial charge in [0.05, 0.1) is 37.6 Å². The summed E-state index contributed by atoms with van der Waals surface area (Å²) in [6, 6.07) is 17.9. The Morgan fingerprint density at radius 3 is 2.77 bits per heavy atom. The quantitative estimate of drug-likeness (QED) is 0.508. The molecule has 0 saturated carbocycles. The van der Waals surface area contributed by atoms with Crippen LogP contribution in [0.3, 0.4) is 0 Å². The van der Waals surface area contributed by atoms with Crippen LogP contribution in [0.5, 0.6) is 0 Å². The first kappa shape index (κ1) is 19.8. The fourth-order valence-corrected chi connectivity index (χ4v) is 3.63. The van der Waals surface area contributed by atoms with Crippen molar-refractivity contribution in [2.75, 3.05) is 32.8 Å². The fourth-order valence-electron chi connectivity index (χ4n) is 3.63. The Labute approximate surface area is 175 Å². The second-order valence-corrected chi connectivity index (χ2v) is 7.18. The summed E-state index contributed by atoms with van der Waals surface area (Å²) in [4.78, 5) is 14.2. The molecule has 1 N–H and O–H groups in total. The highest BCUT2D eigenvalue weighted by molar-refractivity contribution is 5.99. The van der Waals surface area contributed by atoms with Crippen LogP contribution in [0.4, 0.5) is 0 Å². The Balaban J connectivity index is 1.50. The van der Waals surface area contributed by atoms with E-state index in [-0.39, 0.29) is 5.91 Å². The molecule has 0 unspecified atom stereocenters. The summed E-state index contributed by atoms with van der Waals surface area (Å²) < 4.78 is 7.40. The topological polar surface area (TPSA) is 82.7 Å². The second kappa shape index (κ2) is 9.35. The molecule has 30 heavy (non-hydrogen) atoms. The Morgan fingerprint density at radius 1 is 1.17 bits per heavy atom. The van der Waals surface area contributed by atoms with Crippen molar-refractivity contribution in [3.63, 3.8) is 0 Å². The molecule has 0 bridgehead atoms. The van der Waals surface area contributed by atoms with E-state index in [1.165, 1.54) is 0 Å². The van der Waals surface area contributed by atoms with E-state index >= 15 is 0 Å². The molecule has 1 aliphatic rings. The van der Waals surface area contributed by atoms with Crippen molar-refractivity contribution in [2.24, 2.45) is 5.10 Å². The molecule has 3 aromatic rings. The molecule has 2 heterocycles. The summed E-state index contributed by atoms with van der Waals surface area (Å²) in [5.74, 6) is -0.139. The lowest BCUT2D eigenvalue weighted by molar-refractivity contribution is -0.123. The van der Waals surface area contributed by atoms with Gasteiger partial charge in [-0.15, -0.1) is 0 Å². The summed E-state index contributed by atoms with van der Waals surface area (Å²) in [5, 5.41) is 14.6. The molecular formula is C23H23N5O2. The summed E-state index contributed by atoms with van der Waals surface area (Å²) in [7, 11) is 0. The van der Waals surface area contributed by atoms with Gasteiger partial charge in [-0.25, -0.2) is 5.43 Å². The van der Waals surface area contributed by atoms with Gasteiger partial charge < -0.3 is 9.30 Å². The van der Waals surface area contributed by atoms with Crippen LogP contribution in [0.15, 0.2) is 59.8 Å². The number of benzene rings is 2. The maximum absolute atomic E-state index is 12.1. The molecule has 1 amide bonds. The zero-order valence-corrected chi connectivity index (χ0v) is 16.6. The number of rotatable bonds is 6. The maximum atomic E-state index is 12.1. The summed E-state index contributed by atoms with van der Waals surface area (Å²) >= 11 is 0. The molecule has 0 radical (unpaired) electrons. The highest BCUT2D eigenvalue weighted by Gasteiger charge is 2.14. The molecule has 0 aliphatic carbocycles. The first-order chi connectivity index (χ1) is 14.7. The van der Waals surface area contributed by atoms with Gasteiger partial charge in [-0.3, -0.25) is 9.69 Å². The Bertz CT molecular complexity index is 1110. The van der Waals surface area contributed by atoms with Crippen LogP contribution in [0, 0.1) is 11.3 Å². The van der Waals surface area contributed by atoms with Crippen LogP contribution < -0.4 is 5.43 Å². The van der Waals surface area contributed by atoms with Crippen LogP contribution in [-0.4, -0.2) is 54.4 Å². The second-order valence-electron chi connectivity index (χ2n) is 7.18. The Morgan fingerprint density at radius 2 is 1.93 bits per heavy atom. The standard InChI is InChI=1S/C23H23N5O2/c24-13-18-5-1-2-6-19(18)15-28-16-20(21-7-3-4-8-22(21)28)14-25-26-23(29)17-27-9-11-30-12-10-27/h1-8,14,16H,9-12,15,17H2,(H,26,29)/b25-14+. The summed E-state index contributed by atoms with van der Waals surface area (Å²) in [5.41, 5.74) is 6.20. The molecule has 0 spiro atoms. The number of nitrogens with zero attached hydrogens (tertiary/aromatic N) is 4. The van der Waals surface area contributed by atoms with Gasteiger partial charge >= 0.3 is 0 Å². The van der Waals surface area contributed by atoms with E-state index in [2.05, 4.69) is 21.2 Å². The van der Waals surface area contributed by atoms with E-state index in [0.29, 0.717) is 31.9 Å². The average molecular weight is 401 g/mol. The molecule has 1 saturated heterocycles. The predicted molar refractivity (Wildman–Crippen MR) is 115 cm³/mol. The van der Waals surface area contributed by atoms with Crippen LogP contribution in [0.1, 0.15) is 16.7 Å². The van der Waals surface area contributed by atoms with E-state index in [1.807, 2.05) is 59.6 Å². The number of nitrogens with one attached hydrogen (secondary N) is 1. The highest BCUT2D eigenvalue weighted by atomic mass is 16.5. The SMILES string of the molecule is N#Cc1ccccc1Cn1cc(/C=N/NC(=O)CN2CCOCC2)c2ccccc21. The Kier molecular flexibility index (Phi) is 6.18.